The second kappa shape index (κ2) is 6.66. The van der Waals surface area contributed by atoms with Crippen molar-refractivity contribution >= 4 is 0 Å². The molecule has 0 atom stereocenters. The Morgan fingerprint density at radius 2 is 1.92 bits per heavy atom. The molecule has 1 rings (SSSR count). The Balaban J connectivity index is 0.000000561. The first-order valence-electron chi connectivity index (χ1n) is 4.53. The van der Waals surface area contributed by atoms with E-state index in [1.165, 1.54) is 11.1 Å². The molecule has 0 nitrogen and oxygen atoms in total. The molecule has 0 aromatic heterocycles. The quantitative estimate of drug-likeness (QED) is 0.575. The number of rotatable bonds is 2. The summed E-state index contributed by atoms with van der Waals surface area (Å²) in [6.07, 6.45) is 10.3. The monoisotopic (exact) mass is 162 g/mol. The lowest BCUT2D eigenvalue weighted by atomic mass is 9.98. The third-order valence-corrected chi connectivity index (χ3v) is 1.71. The molecule has 0 aromatic rings. The predicted octanol–water partition coefficient (Wildman–Crippen LogP) is 4.03. The lowest BCUT2D eigenvalue weighted by molar-refractivity contribution is 0.979. The molecule has 0 heteroatoms. The normalized spacial score (nSPS) is 14.8. The molecule has 0 bridgehead atoms. The van der Waals surface area contributed by atoms with Crippen molar-refractivity contribution in [2.45, 2.75) is 26.7 Å². The van der Waals surface area contributed by atoms with Gasteiger partial charge >= 0.3 is 0 Å². The van der Waals surface area contributed by atoms with Gasteiger partial charge < -0.3 is 0 Å². The van der Waals surface area contributed by atoms with E-state index in [4.69, 9.17) is 0 Å². The maximum atomic E-state index is 3.74. The van der Waals surface area contributed by atoms with Gasteiger partial charge in [-0.3, -0.25) is 0 Å². The summed E-state index contributed by atoms with van der Waals surface area (Å²) in [6.45, 7) is 11.5. The summed E-state index contributed by atoms with van der Waals surface area (Å²) in [5.74, 6) is 0. The first-order chi connectivity index (χ1) is 5.88. The average Bonchev–Trinajstić information content (AvgIpc) is 2.20. The molecule has 0 spiro atoms. The van der Waals surface area contributed by atoms with Crippen LogP contribution in [0.2, 0.25) is 0 Å². The maximum Gasteiger partial charge on any atom is -0.0234 e. The van der Waals surface area contributed by atoms with Crippen LogP contribution in [0.25, 0.3) is 0 Å². The number of hydrogen-bond acceptors (Lipinski definition) is 0. The van der Waals surface area contributed by atoms with Crippen molar-refractivity contribution in [2.24, 2.45) is 0 Å². The topological polar surface area (TPSA) is 0 Å². The van der Waals surface area contributed by atoms with E-state index in [1.54, 1.807) is 0 Å². The lowest BCUT2D eigenvalue weighted by Crippen LogP contribution is -1.88. The summed E-state index contributed by atoms with van der Waals surface area (Å²) >= 11 is 0. The van der Waals surface area contributed by atoms with Crippen LogP contribution in [0.5, 0.6) is 0 Å². The van der Waals surface area contributed by atoms with Crippen molar-refractivity contribution in [2.75, 3.05) is 0 Å². The van der Waals surface area contributed by atoms with Crippen LogP contribution in [0.3, 0.4) is 0 Å². The van der Waals surface area contributed by atoms with Gasteiger partial charge in [-0.1, -0.05) is 51.3 Å². The molecule has 12 heavy (non-hydrogen) atoms. The molecule has 0 heterocycles. The van der Waals surface area contributed by atoms with Crippen LogP contribution >= 0.6 is 0 Å². The van der Waals surface area contributed by atoms with Crippen molar-refractivity contribution in [1.82, 2.24) is 0 Å². The molecule has 66 valence electrons. The van der Waals surface area contributed by atoms with E-state index in [-0.39, 0.29) is 0 Å². The molecule has 0 fully saturated rings. The highest BCUT2D eigenvalue weighted by Gasteiger charge is 2.00. The summed E-state index contributed by atoms with van der Waals surface area (Å²) < 4.78 is 0. The first-order valence-corrected chi connectivity index (χ1v) is 4.53. The molecule has 0 saturated heterocycles. The van der Waals surface area contributed by atoms with Gasteiger partial charge in [0.15, 0.2) is 0 Å². The fourth-order valence-electron chi connectivity index (χ4n) is 1.12. The Labute approximate surface area is 76.0 Å². The molecule has 0 aliphatic heterocycles. The minimum Gasteiger partial charge on any atom is -0.0988 e. The summed E-state index contributed by atoms with van der Waals surface area (Å²) in [5, 5.41) is 0. The second-order valence-corrected chi connectivity index (χ2v) is 2.33. The third-order valence-electron chi connectivity index (χ3n) is 1.71. The summed E-state index contributed by atoms with van der Waals surface area (Å²) in [7, 11) is 0. The Bertz CT molecular complexity index is 204. The van der Waals surface area contributed by atoms with E-state index in [2.05, 4.69) is 25.3 Å². The molecule has 0 unspecified atom stereocenters. The molecule has 1 aliphatic carbocycles. The largest absolute Gasteiger partial charge is 0.0988 e. The highest BCUT2D eigenvalue weighted by atomic mass is 14.1. The van der Waals surface area contributed by atoms with E-state index in [0.717, 1.165) is 12.8 Å². The second-order valence-electron chi connectivity index (χ2n) is 2.33. The number of hydrogen-bond donors (Lipinski definition) is 0. The molecule has 1 aliphatic rings. The van der Waals surface area contributed by atoms with Gasteiger partial charge in [-0.05, 0) is 24.0 Å². The molecule has 0 N–H and O–H groups in total. The Morgan fingerprint density at radius 1 is 1.25 bits per heavy atom. The van der Waals surface area contributed by atoms with Gasteiger partial charge in [0.25, 0.3) is 0 Å². The zero-order chi connectivity index (χ0) is 9.40. The Kier molecular flexibility index (Phi) is 6.08. The summed E-state index contributed by atoms with van der Waals surface area (Å²) in [4.78, 5) is 0. The van der Waals surface area contributed by atoms with Crippen molar-refractivity contribution in [3.63, 3.8) is 0 Å². The van der Waals surface area contributed by atoms with E-state index >= 15 is 0 Å². The van der Waals surface area contributed by atoms with Crippen LogP contribution in [-0.2, 0) is 0 Å². The third kappa shape index (κ3) is 2.91. The zero-order valence-corrected chi connectivity index (χ0v) is 8.14. The predicted molar refractivity (Wildman–Crippen MR) is 57.1 cm³/mol. The minimum atomic E-state index is 1.11. The van der Waals surface area contributed by atoms with Gasteiger partial charge in [0.1, 0.15) is 0 Å². The zero-order valence-electron chi connectivity index (χ0n) is 8.14. The van der Waals surface area contributed by atoms with Crippen LogP contribution in [-0.4, -0.2) is 0 Å². The van der Waals surface area contributed by atoms with Gasteiger partial charge in [0.05, 0.1) is 0 Å². The van der Waals surface area contributed by atoms with Gasteiger partial charge in [0, 0.05) is 0 Å². The number of allylic oxidation sites excluding steroid dienone is 6. The van der Waals surface area contributed by atoms with Gasteiger partial charge in [-0.2, -0.15) is 0 Å². The fraction of sp³-hybridized carbons (Fsp3) is 0.333. The summed E-state index contributed by atoms with van der Waals surface area (Å²) in [5.41, 5.74) is 2.54. The van der Waals surface area contributed by atoms with Gasteiger partial charge in [0.2, 0.25) is 0 Å². The lowest BCUT2D eigenvalue weighted by Gasteiger charge is -2.08. The van der Waals surface area contributed by atoms with Crippen molar-refractivity contribution in [1.29, 1.82) is 0 Å². The molecule has 0 amide bonds. The summed E-state index contributed by atoms with van der Waals surface area (Å²) in [6, 6.07) is 0. The molecular formula is C12H18. The van der Waals surface area contributed by atoms with Crippen molar-refractivity contribution in [3.05, 3.63) is 48.6 Å². The van der Waals surface area contributed by atoms with Crippen molar-refractivity contribution < 1.29 is 0 Å². The Hall–Kier alpha value is -1.04. The maximum absolute atomic E-state index is 3.74. The van der Waals surface area contributed by atoms with Crippen LogP contribution in [0.4, 0.5) is 0 Å². The van der Waals surface area contributed by atoms with Crippen LogP contribution in [0.1, 0.15) is 26.7 Å². The highest BCUT2D eigenvalue weighted by molar-refractivity contribution is 5.41. The Morgan fingerprint density at radius 3 is 2.33 bits per heavy atom. The molecule has 0 saturated carbocycles. The van der Waals surface area contributed by atoms with Gasteiger partial charge in [-0.15, -0.1) is 0 Å². The first kappa shape index (κ1) is 11.0. The smallest absolute Gasteiger partial charge is 0.0234 e. The van der Waals surface area contributed by atoms with Crippen LogP contribution in [0.15, 0.2) is 48.6 Å². The van der Waals surface area contributed by atoms with Gasteiger partial charge in [-0.25, -0.2) is 0 Å². The van der Waals surface area contributed by atoms with Crippen molar-refractivity contribution in [3.8, 4) is 0 Å². The SMILES string of the molecule is C=CC1=C(C=C)CCC=C1.CC. The minimum absolute atomic E-state index is 1.11. The fourth-order valence-corrected chi connectivity index (χ4v) is 1.12. The molecular weight excluding hydrogens is 144 g/mol. The molecule has 0 radical (unpaired) electrons. The molecule has 0 aromatic carbocycles. The van der Waals surface area contributed by atoms with E-state index in [1.807, 2.05) is 26.0 Å². The van der Waals surface area contributed by atoms with Crippen LogP contribution in [0, 0.1) is 0 Å². The van der Waals surface area contributed by atoms with E-state index in [9.17, 15) is 0 Å². The van der Waals surface area contributed by atoms with E-state index in [0.29, 0.717) is 0 Å². The van der Waals surface area contributed by atoms with E-state index < -0.39 is 0 Å². The highest BCUT2D eigenvalue weighted by Crippen LogP contribution is 2.19. The standard InChI is InChI=1S/C10H12.C2H6/c1-3-9-7-5-6-8-10(9)4-2;1-2/h3-5,7H,1-2,6,8H2;1-2H3. The van der Waals surface area contributed by atoms with Crippen LogP contribution < -0.4 is 0 Å². The average molecular weight is 162 g/mol.